The molecule has 28 heavy (non-hydrogen) atoms. The van der Waals surface area contributed by atoms with E-state index >= 15 is 0 Å². The van der Waals surface area contributed by atoms with Crippen LogP contribution in [0.15, 0.2) is 0 Å². The van der Waals surface area contributed by atoms with Gasteiger partial charge >= 0.3 is 11.9 Å². The lowest BCUT2D eigenvalue weighted by Crippen LogP contribution is -2.57. The number of carboxylic acids is 2. The van der Waals surface area contributed by atoms with Crippen molar-refractivity contribution in [3.05, 3.63) is 0 Å². The van der Waals surface area contributed by atoms with Crippen LogP contribution >= 0.6 is 0 Å². The highest BCUT2D eigenvalue weighted by atomic mass is 16.4. The van der Waals surface area contributed by atoms with Gasteiger partial charge in [-0.05, 0) is 31.7 Å². The van der Waals surface area contributed by atoms with Crippen molar-refractivity contribution < 1.29 is 34.2 Å². The van der Waals surface area contributed by atoms with Gasteiger partial charge in [0.15, 0.2) is 0 Å². The molecule has 1 heterocycles. The number of hydrogen-bond acceptors (Lipinski definition) is 6. The molecule has 0 radical (unpaired) electrons. The van der Waals surface area contributed by atoms with Crippen LogP contribution in [0.3, 0.4) is 0 Å². The second-order valence-electron chi connectivity index (χ2n) is 6.98. The normalized spacial score (nSPS) is 18.2. The summed E-state index contributed by atoms with van der Waals surface area (Å²) in [5, 5.41) is 27.8. The van der Waals surface area contributed by atoms with Crippen molar-refractivity contribution in [2.45, 2.75) is 57.7 Å². The van der Waals surface area contributed by atoms with Crippen molar-refractivity contribution in [3.8, 4) is 0 Å². The van der Waals surface area contributed by atoms with Crippen LogP contribution in [0.1, 0.15) is 39.5 Å². The maximum absolute atomic E-state index is 12.6. The van der Waals surface area contributed by atoms with Gasteiger partial charge in [-0.2, -0.15) is 0 Å². The summed E-state index contributed by atoms with van der Waals surface area (Å²) in [5.41, 5.74) is 0. The number of carbonyl (C=O) groups is 5. The zero-order valence-corrected chi connectivity index (χ0v) is 16.0. The molecule has 0 aromatic heterocycles. The number of carbonyl (C=O) groups excluding carboxylic acids is 3. The Balaban J connectivity index is 2.80. The van der Waals surface area contributed by atoms with Gasteiger partial charge in [0.05, 0.1) is 6.04 Å². The second kappa shape index (κ2) is 11.2. The van der Waals surface area contributed by atoms with Crippen LogP contribution < -0.4 is 21.3 Å². The van der Waals surface area contributed by atoms with Gasteiger partial charge in [-0.15, -0.1) is 0 Å². The summed E-state index contributed by atoms with van der Waals surface area (Å²) in [5.74, 6) is -4.48. The van der Waals surface area contributed by atoms with Crippen LogP contribution in [0, 0.1) is 5.92 Å². The van der Waals surface area contributed by atoms with Crippen LogP contribution in [-0.4, -0.2) is 71.1 Å². The Labute approximate surface area is 162 Å². The van der Waals surface area contributed by atoms with Crippen molar-refractivity contribution in [2.75, 3.05) is 13.1 Å². The Bertz CT molecular complexity index is 602. The summed E-state index contributed by atoms with van der Waals surface area (Å²) in [6.45, 7) is 3.42. The fraction of sp³-hybridized carbons (Fsp3) is 0.706. The molecule has 1 aliphatic rings. The van der Waals surface area contributed by atoms with Crippen molar-refractivity contribution in [1.29, 1.82) is 0 Å². The van der Waals surface area contributed by atoms with E-state index in [1.54, 1.807) is 13.8 Å². The van der Waals surface area contributed by atoms with E-state index in [1.807, 2.05) is 0 Å². The van der Waals surface area contributed by atoms with Gasteiger partial charge in [0.1, 0.15) is 18.6 Å². The van der Waals surface area contributed by atoms with Crippen molar-refractivity contribution in [1.82, 2.24) is 21.3 Å². The predicted octanol–water partition coefficient (Wildman–Crippen LogP) is -1.57. The number of nitrogens with one attached hydrogen (secondary N) is 4. The molecule has 0 aliphatic carbocycles. The quantitative estimate of drug-likeness (QED) is 0.241. The maximum atomic E-state index is 12.6. The third-order valence-electron chi connectivity index (χ3n) is 4.32. The number of amides is 3. The monoisotopic (exact) mass is 400 g/mol. The van der Waals surface area contributed by atoms with Crippen LogP contribution in [0.2, 0.25) is 0 Å². The van der Waals surface area contributed by atoms with Gasteiger partial charge in [-0.25, -0.2) is 0 Å². The number of hydrogen-bond donors (Lipinski definition) is 6. The van der Waals surface area contributed by atoms with Gasteiger partial charge in [-0.1, -0.05) is 13.8 Å². The molecule has 3 amide bonds. The van der Waals surface area contributed by atoms with E-state index in [2.05, 4.69) is 21.3 Å². The predicted molar refractivity (Wildman–Crippen MR) is 97.2 cm³/mol. The smallest absolute Gasteiger partial charge is 0.322 e. The first-order valence-corrected chi connectivity index (χ1v) is 9.17. The van der Waals surface area contributed by atoms with Crippen LogP contribution in [-0.2, 0) is 24.0 Å². The summed E-state index contributed by atoms with van der Waals surface area (Å²) in [6.07, 6.45) is 0.962. The highest BCUT2D eigenvalue weighted by molar-refractivity contribution is 5.94. The lowest BCUT2D eigenvalue weighted by atomic mass is 10.0. The third kappa shape index (κ3) is 7.91. The zero-order chi connectivity index (χ0) is 21.3. The minimum atomic E-state index is -1.22. The van der Waals surface area contributed by atoms with E-state index in [9.17, 15) is 24.0 Å². The Morgan fingerprint density at radius 3 is 2.21 bits per heavy atom. The van der Waals surface area contributed by atoms with Gasteiger partial charge < -0.3 is 31.5 Å². The van der Waals surface area contributed by atoms with Crippen molar-refractivity contribution >= 4 is 29.7 Å². The molecule has 0 saturated carbocycles. The first-order valence-electron chi connectivity index (χ1n) is 9.17. The minimum absolute atomic E-state index is 0.138. The Hall–Kier alpha value is -2.69. The lowest BCUT2D eigenvalue weighted by Gasteiger charge is -2.25. The van der Waals surface area contributed by atoms with Gasteiger partial charge in [0.2, 0.25) is 17.7 Å². The van der Waals surface area contributed by atoms with Crippen LogP contribution in [0.5, 0.6) is 0 Å². The molecule has 1 rings (SSSR count). The molecule has 6 N–H and O–H groups in total. The summed E-state index contributed by atoms with van der Waals surface area (Å²) in [7, 11) is 0. The number of aliphatic carboxylic acids is 2. The molecule has 11 nitrogen and oxygen atoms in total. The Kier molecular flexibility index (Phi) is 9.36. The van der Waals surface area contributed by atoms with Crippen molar-refractivity contribution in [2.24, 2.45) is 5.92 Å². The second-order valence-corrected chi connectivity index (χ2v) is 6.98. The van der Waals surface area contributed by atoms with Gasteiger partial charge in [-0.3, -0.25) is 24.0 Å². The number of rotatable bonds is 11. The average molecular weight is 400 g/mol. The summed E-state index contributed by atoms with van der Waals surface area (Å²) in [4.78, 5) is 58.6. The van der Waals surface area contributed by atoms with E-state index in [-0.39, 0.29) is 18.8 Å². The van der Waals surface area contributed by atoms with Gasteiger partial charge in [0.25, 0.3) is 0 Å². The summed E-state index contributed by atoms with van der Waals surface area (Å²) >= 11 is 0. The Morgan fingerprint density at radius 2 is 1.71 bits per heavy atom. The highest BCUT2D eigenvalue weighted by Gasteiger charge is 2.31. The average Bonchev–Trinajstić information content (AvgIpc) is 3.15. The molecular weight excluding hydrogens is 372 g/mol. The molecule has 1 saturated heterocycles. The third-order valence-corrected chi connectivity index (χ3v) is 4.32. The van der Waals surface area contributed by atoms with Gasteiger partial charge in [0, 0.05) is 6.42 Å². The Morgan fingerprint density at radius 1 is 1.04 bits per heavy atom. The largest absolute Gasteiger partial charge is 0.481 e. The SMILES string of the molecule is CC(C)C(NC(=O)C(CCC(=O)O)NC(=O)C1CCCN1)C(=O)NCC(=O)O. The highest BCUT2D eigenvalue weighted by Crippen LogP contribution is 2.08. The lowest BCUT2D eigenvalue weighted by molar-refractivity contribution is -0.139. The van der Waals surface area contributed by atoms with Crippen LogP contribution in [0.4, 0.5) is 0 Å². The minimum Gasteiger partial charge on any atom is -0.481 e. The first kappa shape index (κ1) is 23.3. The molecule has 11 heteroatoms. The maximum Gasteiger partial charge on any atom is 0.322 e. The van der Waals surface area contributed by atoms with E-state index in [0.29, 0.717) is 13.0 Å². The molecule has 0 spiro atoms. The number of carboxylic acid groups (broad SMARTS) is 2. The molecule has 0 aromatic carbocycles. The molecular formula is C17H28N4O7. The molecule has 3 atom stereocenters. The van der Waals surface area contributed by atoms with E-state index in [0.717, 1.165) is 6.42 Å². The fourth-order valence-corrected chi connectivity index (χ4v) is 2.78. The fourth-order valence-electron chi connectivity index (χ4n) is 2.78. The topological polar surface area (TPSA) is 174 Å². The summed E-state index contributed by atoms with van der Waals surface area (Å²) in [6, 6.07) is -2.60. The molecule has 158 valence electrons. The van der Waals surface area contributed by atoms with Crippen molar-refractivity contribution in [3.63, 3.8) is 0 Å². The van der Waals surface area contributed by atoms with E-state index in [1.165, 1.54) is 0 Å². The molecule has 1 fully saturated rings. The summed E-state index contributed by atoms with van der Waals surface area (Å²) < 4.78 is 0. The van der Waals surface area contributed by atoms with E-state index in [4.69, 9.17) is 10.2 Å². The first-order chi connectivity index (χ1) is 13.1. The molecule has 0 aromatic rings. The standard InChI is InChI=1S/C17H28N4O7/c1-9(2)14(17(28)19-8-13(24)25)21-16(27)11(5-6-12(22)23)20-15(26)10-4-3-7-18-10/h9-11,14,18H,3-8H2,1-2H3,(H,19,28)(H,20,26)(H,21,27)(H,22,23)(H,24,25). The molecule has 0 bridgehead atoms. The molecule has 1 aliphatic heterocycles. The van der Waals surface area contributed by atoms with Crippen LogP contribution in [0.25, 0.3) is 0 Å². The zero-order valence-electron chi connectivity index (χ0n) is 16.0. The van der Waals surface area contributed by atoms with E-state index < -0.39 is 54.3 Å². The molecule has 3 unspecified atom stereocenters.